The Labute approximate surface area is 167 Å². The Bertz CT molecular complexity index is 1030. The Balaban J connectivity index is 1.52. The van der Waals surface area contributed by atoms with Crippen molar-refractivity contribution >= 4 is 23.1 Å². The zero-order valence-electron chi connectivity index (χ0n) is 15.3. The lowest BCUT2D eigenvalue weighted by Crippen LogP contribution is -2.27. The number of pyridine rings is 1. The van der Waals surface area contributed by atoms with Crippen LogP contribution in [0, 0.1) is 0 Å². The molecule has 1 saturated heterocycles. The Morgan fingerprint density at radius 3 is 2.86 bits per heavy atom. The van der Waals surface area contributed by atoms with Crippen LogP contribution in [-0.4, -0.2) is 35.3 Å². The molecule has 1 aromatic carbocycles. The second kappa shape index (κ2) is 7.00. The van der Waals surface area contributed by atoms with E-state index in [1.54, 1.807) is 28.6 Å². The van der Waals surface area contributed by atoms with Gasteiger partial charge in [-0.3, -0.25) is 9.88 Å². The van der Waals surface area contributed by atoms with Crippen molar-refractivity contribution in [2.45, 2.75) is 25.4 Å². The maximum atomic E-state index is 12.2. The van der Waals surface area contributed by atoms with Crippen LogP contribution in [0.15, 0.2) is 42.7 Å². The molecule has 0 saturated carbocycles. The van der Waals surface area contributed by atoms with E-state index in [1.165, 1.54) is 10.4 Å². The topological polar surface area (TPSA) is 81.3 Å². The summed E-state index contributed by atoms with van der Waals surface area (Å²) in [6.07, 6.45) is 6.09. The van der Waals surface area contributed by atoms with Crippen LogP contribution in [0.4, 0.5) is 10.5 Å². The summed E-state index contributed by atoms with van der Waals surface area (Å²) in [5.41, 5.74) is 11.1. The molecule has 0 radical (unpaired) electrons. The Hall–Kier alpha value is -2.77. The van der Waals surface area contributed by atoms with Crippen LogP contribution < -0.4 is 10.6 Å². The van der Waals surface area contributed by atoms with Gasteiger partial charge in [-0.2, -0.15) is 0 Å². The van der Waals surface area contributed by atoms with E-state index in [2.05, 4.69) is 17.1 Å². The lowest BCUT2D eigenvalue weighted by molar-refractivity contribution is 0.145. The minimum absolute atomic E-state index is 0.237. The number of rotatable bonds is 3. The number of fused-ring (bicyclic) bond motifs is 3. The number of hydrogen-bond acceptors (Lipinski definition) is 6. The highest BCUT2D eigenvalue weighted by molar-refractivity contribution is 7.15. The molecule has 2 aromatic heterocycles. The molecule has 7 heteroatoms. The first-order valence-electron chi connectivity index (χ1n) is 9.44. The van der Waals surface area contributed by atoms with E-state index in [9.17, 15) is 4.79 Å². The van der Waals surface area contributed by atoms with Gasteiger partial charge in [0.2, 0.25) is 0 Å². The van der Waals surface area contributed by atoms with Crippen molar-refractivity contribution in [3.63, 3.8) is 0 Å². The molecule has 142 valence electrons. The molecule has 28 heavy (non-hydrogen) atoms. The zero-order chi connectivity index (χ0) is 19.1. The highest BCUT2D eigenvalue weighted by Gasteiger charge is 2.32. The van der Waals surface area contributed by atoms with Gasteiger partial charge in [-0.05, 0) is 49.1 Å². The van der Waals surface area contributed by atoms with Gasteiger partial charge in [0.25, 0.3) is 0 Å². The van der Waals surface area contributed by atoms with Crippen molar-refractivity contribution in [1.29, 1.82) is 0 Å². The van der Waals surface area contributed by atoms with Crippen molar-refractivity contribution in [1.82, 2.24) is 9.97 Å². The fraction of sp³-hybridized carbons (Fsp3) is 0.286. The van der Waals surface area contributed by atoms with Gasteiger partial charge in [0.05, 0.1) is 12.2 Å². The molecule has 3 aromatic rings. The number of aromatic nitrogens is 2. The van der Waals surface area contributed by atoms with Crippen LogP contribution in [0.2, 0.25) is 0 Å². The second-order valence-electron chi connectivity index (χ2n) is 7.07. The molecular formula is C21H20N4O2S. The normalized spacial score (nSPS) is 18.4. The minimum Gasteiger partial charge on any atom is -0.443 e. The average Bonchev–Trinajstić information content (AvgIpc) is 3.28. The Kier molecular flexibility index (Phi) is 4.33. The quantitative estimate of drug-likeness (QED) is 0.736. The van der Waals surface area contributed by atoms with Gasteiger partial charge in [0.15, 0.2) is 0 Å². The van der Waals surface area contributed by atoms with Gasteiger partial charge in [0, 0.05) is 40.6 Å². The van der Waals surface area contributed by atoms with Crippen LogP contribution >= 0.6 is 11.3 Å². The first-order valence-corrected chi connectivity index (χ1v) is 10.3. The lowest BCUT2D eigenvalue weighted by Gasteiger charge is -2.16. The van der Waals surface area contributed by atoms with Crippen molar-refractivity contribution in [2.24, 2.45) is 5.73 Å². The number of carbonyl (C=O) groups is 1. The molecule has 2 aliphatic rings. The molecule has 2 N–H and O–H groups in total. The summed E-state index contributed by atoms with van der Waals surface area (Å²) >= 11 is 1.76. The summed E-state index contributed by atoms with van der Waals surface area (Å²) in [5, 5.41) is 1.03. The number of ether oxygens (including phenoxy) is 1. The van der Waals surface area contributed by atoms with Gasteiger partial charge < -0.3 is 10.5 Å². The third kappa shape index (κ3) is 2.96. The number of nitrogens with zero attached hydrogens (tertiary/aromatic N) is 3. The number of hydrogen-bond donors (Lipinski definition) is 1. The van der Waals surface area contributed by atoms with Crippen molar-refractivity contribution in [3.8, 4) is 21.8 Å². The second-order valence-corrected chi connectivity index (χ2v) is 8.16. The first kappa shape index (κ1) is 17.3. The summed E-state index contributed by atoms with van der Waals surface area (Å²) in [6.45, 7) is 0.843. The third-order valence-corrected chi connectivity index (χ3v) is 6.43. The molecule has 0 unspecified atom stereocenters. The maximum absolute atomic E-state index is 12.2. The van der Waals surface area contributed by atoms with Gasteiger partial charge >= 0.3 is 6.09 Å². The van der Waals surface area contributed by atoms with Gasteiger partial charge in [-0.1, -0.05) is 6.07 Å². The molecule has 1 fully saturated rings. The maximum Gasteiger partial charge on any atom is 0.414 e. The number of aryl methyl sites for hydroxylation is 2. The van der Waals surface area contributed by atoms with Gasteiger partial charge in [0.1, 0.15) is 11.1 Å². The number of nitrogens with two attached hydrogens (primary N) is 1. The molecule has 0 spiro atoms. The number of benzene rings is 1. The van der Waals surface area contributed by atoms with E-state index >= 15 is 0 Å². The van der Waals surface area contributed by atoms with E-state index in [0.717, 1.165) is 46.8 Å². The predicted octanol–water partition coefficient (Wildman–Crippen LogP) is 3.64. The number of amides is 1. The Morgan fingerprint density at radius 2 is 2.07 bits per heavy atom. The summed E-state index contributed by atoms with van der Waals surface area (Å²) in [6, 6.07) is 10.2. The summed E-state index contributed by atoms with van der Waals surface area (Å²) in [5.74, 6) is 0. The molecule has 6 nitrogen and oxygen atoms in total. The van der Waals surface area contributed by atoms with Gasteiger partial charge in [-0.15, -0.1) is 11.3 Å². The molecule has 1 aliphatic carbocycles. The SMILES string of the molecule is NC[C@H]1CN(c2ccc3c(c2)CCCc2sc(-c4ccncc4)nc2-3)C(=O)O1. The van der Waals surface area contributed by atoms with Crippen LogP contribution in [0.5, 0.6) is 0 Å². The Morgan fingerprint density at radius 1 is 1.21 bits per heavy atom. The minimum atomic E-state index is -0.321. The highest BCUT2D eigenvalue weighted by Crippen LogP contribution is 2.40. The summed E-state index contributed by atoms with van der Waals surface area (Å²) < 4.78 is 5.30. The smallest absolute Gasteiger partial charge is 0.414 e. The molecule has 1 amide bonds. The van der Waals surface area contributed by atoms with Crippen LogP contribution in [-0.2, 0) is 17.6 Å². The average molecular weight is 392 g/mol. The molecule has 1 atom stereocenters. The molecule has 0 bridgehead atoms. The van der Waals surface area contributed by atoms with E-state index in [4.69, 9.17) is 15.5 Å². The van der Waals surface area contributed by atoms with E-state index < -0.39 is 0 Å². The zero-order valence-corrected chi connectivity index (χ0v) is 16.1. The monoisotopic (exact) mass is 392 g/mol. The number of carbonyl (C=O) groups excluding carboxylic acids is 1. The standard InChI is InChI=1S/C21H20N4O2S/c22-11-16-12-25(21(26)27-16)15-4-5-17-14(10-15)2-1-3-18-19(17)24-20(28-18)13-6-8-23-9-7-13/h4-10,16H,1-3,11-12,22H2/t16-/m0/s1. The molecule has 1 aliphatic heterocycles. The molecule has 3 heterocycles. The third-order valence-electron chi connectivity index (χ3n) is 5.27. The predicted molar refractivity (Wildman–Crippen MR) is 109 cm³/mol. The van der Waals surface area contributed by atoms with Crippen LogP contribution in [0.25, 0.3) is 21.8 Å². The fourth-order valence-electron chi connectivity index (χ4n) is 3.83. The van der Waals surface area contributed by atoms with Crippen molar-refractivity contribution in [2.75, 3.05) is 18.0 Å². The molecule has 5 rings (SSSR count). The van der Waals surface area contributed by atoms with E-state index in [0.29, 0.717) is 13.1 Å². The van der Waals surface area contributed by atoms with E-state index in [-0.39, 0.29) is 12.2 Å². The largest absolute Gasteiger partial charge is 0.443 e. The number of thiazole rings is 1. The number of anilines is 1. The molecular weight excluding hydrogens is 372 g/mol. The van der Waals surface area contributed by atoms with Crippen molar-refractivity contribution in [3.05, 3.63) is 53.2 Å². The van der Waals surface area contributed by atoms with Gasteiger partial charge in [-0.25, -0.2) is 9.78 Å². The fourth-order valence-corrected chi connectivity index (χ4v) is 4.95. The van der Waals surface area contributed by atoms with E-state index in [1.807, 2.05) is 18.2 Å². The summed E-state index contributed by atoms with van der Waals surface area (Å²) in [7, 11) is 0. The van der Waals surface area contributed by atoms with Crippen LogP contribution in [0.1, 0.15) is 16.9 Å². The first-order chi connectivity index (χ1) is 13.7. The van der Waals surface area contributed by atoms with Crippen LogP contribution in [0.3, 0.4) is 0 Å². The number of cyclic esters (lactones) is 1. The van der Waals surface area contributed by atoms with Crippen molar-refractivity contribution < 1.29 is 9.53 Å². The lowest BCUT2D eigenvalue weighted by atomic mass is 10.0. The summed E-state index contributed by atoms with van der Waals surface area (Å²) in [4.78, 5) is 24.2. The highest BCUT2D eigenvalue weighted by atomic mass is 32.1.